The fourth-order valence-electron chi connectivity index (χ4n) is 4.84. The molecule has 0 aliphatic heterocycles. The number of carbonyl (C=O) groups is 3. The summed E-state index contributed by atoms with van der Waals surface area (Å²) in [6.45, 7) is 17.3. The number of nitrogens with two attached hydrogens (primary N) is 2. The summed E-state index contributed by atoms with van der Waals surface area (Å²) in [7, 11) is 0. The van der Waals surface area contributed by atoms with Crippen molar-refractivity contribution < 1.29 is 19.5 Å². The topological polar surface area (TPSA) is 168 Å². The van der Waals surface area contributed by atoms with Crippen molar-refractivity contribution in [2.75, 3.05) is 40.9 Å². The number of carbonyl (C=O) groups excluding carboxylic acids is 3. The number of urea groups is 2. The smallest absolute Gasteiger partial charge is 0.395 e. The number of rotatable bonds is 9. The first-order chi connectivity index (χ1) is 24.1. The Morgan fingerprint density at radius 3 is 1.04 bits per heavy atom. The van der Waals surface area contributed by atoms with Crippen molar-refractivity contribution >= 4 is 133 Å². The number of nitrogens with zero attached hydrogens (tertiary/aromatic N) is 3. The van der Waals surface area contributed by atoms with Gasteiger partial charge < -0.3 is 22.7 Å². The summed E-state index contributed by atoms with van der Waals surface area (Å²) in [5.74, 6) is 0. The minimum absolute atomic E-state index is 0. The van der Waals surface area contributed by atoms with Crippen molar-refractivity contribution in [1.29, 1.82) is 0 Å². The van der Waals surface area contributed by atoms with Gasteiger partial charge in [-0.3, -0.25) is 19.5 Å². The Morgan fingerprint density at radius 2 is 0.830 bits per heavy atom. The molecule has 53 heavy (non-hydrogen) atoms. The van der Waals surface area contributed by atoms with E-state index in [4.69, 9.17) is 62.6 Å². The lowest BCUT2D eigenvalue weighted by atomic mass is 10.1. The molecule has 0 atom stereocenters. The zero-order chi connectivity index (χ0) is 40.5. The molecule has 10 nitrogen and oxygen atoms in total. The van der Waals surface area contributed by atoms with Crippen LogP contribution in [0.25, 0.3) is 0 Å². The second kappa shape index (κ2) is 27.0. The Labute approximate surface area is 360 Å². The van der Waals surface area contributed by atoms with E-state index in [9.17, 15) is 14.4 Å². The molecule has 0 heterocycles. The van der Waals surface area contributed by atoms with Gasteiger partial charge in [0.2, 0.25) is 0 Å². The summed E-state index contributed by atoms with van der Waals surface area (Å²) < 4.78 is 3.18. The van der Waals surface area contributed by atoms with E-state index in [0.29, 0.717) is 18.8 Å². The van der Waals surface area contributed by atoms with Crippen LogP contribution >= 0.6 is 93.8 Å². The fraction of sp³-hybridized carbons (Fsp3) is 0.400. The normalized spacial score (nSPS) is 9.81. The van der Waals surface area contributed by atoms with Gasteiger partial charge in [0.05, 0.1) is 13.2 Å². The van der Waals surface area contributed by atoms with Gasteiger partial charge in [-0.05, 0) is 136 Å². The quantitative estimate of drug-likeness (QED) is 0.0949. The van der Waals surface area contributed by atoms with E-state index < -0.39 is 22.4 Å². The summed E-state index contributed by atoms with van der Waals surface area (Å²) >= 11 is 30.5. The van der Waals surface area contributed by atoms with E-state index in [0.717, 1.165) is 71.0 Å². The molecule has 296 valence electrons. The molecule has 8 N–H and O–H groups in total. The number of primary amides is 2. The number of hydrogen-bond donors (Lipinski definition) is 4. The predicted octanol–water partition coefficient (Wildman–Crippen LogP) is 11.8. The lowest BCUT2D eigenvalue weighted by Crippen LogP contribution is -2.37. The lowest BCUT2D eigenvalue weighted by molar-refractivity contribution is 0.249. The Balaban J connectivity index is 0. The van der Waals surface area contributed by atoms with Crippen LogP contribution in [0.15, 0.2) is 49.8 Å². The van der Waals surface area contributed by atoms with Crippen molar-refractivity contribution in [3.63, 3.8) is 0 Å². The maximum Gasteiger partial charge on any atom is 0.450 e. The average Bonchev–Trinajstić information content (AvgIpc) is 3.04. The van der Waals surface area contributed by atoms with E-state index in [-0.39, 0.29) is 19.3 Å². The van der Waals surface area contributed by atoms with Crippen molar-refractivity contribution in [2.45, 2.75) is 68.2 Å². The Hall–Kier alpha value is -1.75. The minimum atomic E-state index is -0.750. The summed E-state index contributed by atoms with van der Waals surface area (Å²) in [6, 6.07) is 10.6. The number of aryl methyl sites for hydroxylation is 6. The molecule has 3 rings (SSSR count). The average molecular weight is 1010 g/mol. The second-order valence-electron chi connectivity index (χ2n) is 11.5. The molecule has 18 heteroatoms. The molecule has 0 spiro atoms. The van der Waals surface area contributed by atoms with Crippen LogP contribution < -0.4 is 32.3 Å². The summed E-state index contributed by atoms with van der Waals surface area (Å²) in [5, 5.41) is 8.45. The van der Waals surface area contributed by atoms with Crippen LogP contribution in [0.1, 0.15) is 60.1 Å². The Kier molecular flexibility index (Phi) is 27.1. The molecule has 0 fully saturated rings. The first-order valence-corrected chi connectivity index (χ1v) is 20.2. The molecule has 5 amide bonds. The van der Waals surface area contributed by atoms with E-state index in [1.807, 2.05) is 91.8 Å². The van der Waals surface area contributed by atoms with Gasteiger partial charge in [-0.15, -0.1) is 0 Å². The molecule has 0 aliphatic carbocycles. The molecule has 3 aromatic carbocycles. The first kappa shape index (κ1) is 53.4. The summed E-state index contributed by atoms with van der Waals surface area (Å²) in [6.07, 6.45) is 1.77. The predicted molar refractivity (Wildman–Crippen MR) is 239 cm³/mol. The maximum absolute atomic E-state index is 11.3. The van der Waals surface area contributed by atoms with Crippen LogP contribution in [0, 0.1) is 41.5 Å². The van der Waals surface area contributed by atoms with Gasteiger partial charge in [-0.25, -0.2) is 9.59 Å². The number of halogens is 7. The highest BCUT2D eigenvalue weighted by atomic mass is 79.9. The Morgan fingerprint density at radius 1 is 0.604 bits per heavy atom. The number of hydrogen-bond acceptors (Lipinski definition) is 5. The SMILES string of the molecule is CCCN(C(=O)Cl)c1cc(C)c(Br)c(C)c1.CCCN(C(N)=O)c1cc(C)c(Br)c(C)c1.Cc1cc(N(CCO)C(N)=O)cc(C)c1Br.ClB(Cl)Cl.N. The molecule has 0 saturated heterocycles. The van der Waals surface area contributed by atoms with Crippen molar-refractivity contribution in [3.8, 4) is 0 Å². The van der Waals surface area contributed by atoms with Gasteiger partial charge >= 0.3 is 22.4 Å². The van der Waals surface area contributed by atoms with Gasteiger partial charge in [-0.1, -0.05) is 61.6 Å². The van der Waals surface area contributed by atoms with Crippen molar-refractivity contribution in [1.82, 2.24) is 6.15 Å². The first-order valence-electron chi connectivity index (χ1n) is 16.1. The van der Waals surface area contributed by atoms with Crippen LogP contribution in [0.3, 0.4) is 0 Å². The van der Waals surface area contributed by atoms with Crippen LogP contribution in [0.5, 0.6) is 0 Å². The minimum Gasteiger partial charge on any atom is -0.395 e. The number of aliphatic hydroxyl groups is 1. The largest absolute Gasteiger partial charge is 0.450 e. The summed E-state index contributed by atoms with van der Waals surface area (Å²) in [4.78, 5) is 37.7. The zero-order valence-corrected chi connectivity index (χ0v) is 39.1. The van der Waals surface area contributed by atoms with Gasteiger partial charge in [0.15, 0.2) is 0 Å². The van der Waals surface area contributed by atoms with E-state index in [1.54, 1.807) is 9.80 Å². The van der Waals surface area contributed by atoms with Gasteiger partial charge in [0, 0.05) is 43.6 Å². The highest BCUT2D eigenvalue weighted by molar-refractivity contribution is 9.11. The number of aliphatic hydroxyl groups excluding tert-OH is 1. The third-order valence-corrected chi connectivity index (χ3v) is 11.1. The highest BCUT2D eigenvalue weighted by Gasteiger charge is 2.16. The molecule has 0 radical (unpaired) electrons. The third kappa shape index (κ3) is 18.6. The maximum atomic E-state index is 11.3. The van der Waals surface area contributed by atoms with Crippen LogP contribution in [-0.4, -0.2) is 53.7 Å². The molecule has 0 unspecified atom stereocenters. The zero-order valence-electron chi connectivity index (χ0n) is 31.3. The number of anilines is 3. The molecule has 0 aliphatic rings. The van der Waals surface area contributed by atoms with Crippen LogP contribution in [0.2, 0.25) is 0 Å². The molecule has 0 bridgehead atoms. The Bertz CT molecular complexity index is 1400. The second-order valence-corrected chi connectivity index (χ2v) is 16.2. The van der Waals surface area contributed by atoms with Gasteiger partial charge in [0.25, 0.3) is 0 Å². The van der Waals surface area contributed by atoms with Gasteiger partial charge in [-0.2, -0.15) is 34.4 Å². The molecule has 0 saturated carbocycles. The molecule has 3 aromatic rings. The fourth-order valence-corrected chi connectivity index (χ4v) is 5.70. The number of benzene rings is 3. The van der Waals surface area contributed by atoms with E-state index in [2.05, 4.69) is 47.8 Å². The van der Waals surface area contributed by atoms with Crippen molar-refractivity contribution in [3.05, 3.63) is 83.2 Å². The molecular formula is C35H50BBr3Cl4N6O4. The third-order valence-electron chi connectivity index (χ3n) is 7.16. The van der Waals surface area contributed by atoms with E-state index >= 15 is 0 Å². The van der Waals surface area contributed by atoms with Crippen molar-refractivity contribution in [2.24, 2.45) is 11.5 Å². The van der Waals surface area contributed by atoms with Crippen LogP contribution in [0.4, 0.5) is 31.4 Å². The standard InChI is InChI=1S/C12H15BrClNO.C12H17BrN2O.C11H15BrN2O2.BCl3.H3N/c2*1-4-5-15(12(14)16)10-6-8(2)11(13)9(3)7-10;1-7-5-9(6-8(2)10(7)12)14(3-4-15)11(13)16;2-1(3)4;/h6-7H,4-5H2,1-3H3;6-7H,4-5H2,1-3H3,(H2,14,16);5-6,15H,3-4H2,1-2H3,(H2,13,16);;1H3. The van der Waals surface area contributed by atoms with Gasteiger partial charge in [0.1, 0.15) is 0 Å². The molecule has 0 aromatic heterocycles. The monoisotopic (exact) mass is 1010 g/mol. The van der Waals surface area contributed by atoms with Crippen LogP contribution in [-0.2, 0) is 0 Å². The summed E-state index contributed by atoms with van der Waals surface area (Å²) in [5.41, 5.74) is 19.5. The molecular weight excluding hydrogens is 961 g/mol. The lowest BCUT2D eigenvalue weighted by Gasteiger charge is -2.21. The highest BCUT2D eigenvalue weighted by Crippen LogP contribution is 2.29. The van der Waals surface area contributed by atoms with E-state index in [1.165, 1.54) is 4.90 Å². The number of amides is 5.